The molecule has 0 N–H and O–H groups in total. The van der Waals surface area contributed by atoms with Crippen LogP contribution in [0, 0.1) is 5.92 Å². The fourth-order valence-corrected chi connectivity index (χ4v) is 4.77. The zero-order chi connectivity index (χ0) is 20.7. The SMILES string of the molecule is COc1ccc(-c2ccc(=O)n3c2[C@H]2C[C@@H](CN(C(=O)c4cnccn4)C2)C3)cc1. The minimum Gasteiger partial charge on any atom is -0.497 e. The van der Waals surface area contributed by atoms with Crippen molar-refractivity contribution in [1.82, 2.24) is 19.4 Å². The molecule has 2 aromatic heterocycles. The van der Waals surface area contributed by atoms with Gasteiger partial charge in [-0.15, -0.1) is 0 Å². The Balaban J connectivity index is 1.53. The Morgan fingerprint density at radius 1 is 1.07 bits per heavy atom. The predicted molar refractivity (Wildman–Crippen MR) is 111 cm³/mol. The van der Waals surface area contributed by atoms with Crippen LogP contribution in [0.15, 0.2) is 59.8 Å². The molecule has 0 spiro atoms. The number of carbonyl (C=O) groups excluding carboxylic acids is 1. The van der Waals surface area contributed by atoms with E-state index in [0.29, 0.717) is 25.3 Å². The third-order valence-electron chi connectivity index (χ3n) is 6.06. The quantitative estimate of drug-likeness (QED) is 0.673. The van der Waals surface area contributed by atoms with Crippen molar-refractivity contribution in [3.8, 4) is 16.9 Å². The van der Waals surface area contributed by atoms with Crippen molar-refractivity contribution in [2.45, 2.75) is 18.9 Å². The lowest BCUT2D eigenvalue weighted by atomic mass is 9.80. The van der Waals surface area contributed by atoms with E-state index in [9.17, 15) is 9.59 Å². The third-order valence-corrected chi connectivity index (χ3v) is 6.06. The molecule has 7 heteroatoms. The normalized spacial score (nSPS) is 19.8. The summed E-state index contributed by atoms with van der Waals surface area (Å²) in [6, 6.07) is 11.4. The number of rotatable bonds is 3. The standard InChI is InChI=1S/C23H22N4O3/c1-30-18-4-2-16(3-5-18)19-6-7-21(28)27-13-15-10-17(22(19)27)14-26(12-15)23(29)20-11-24-8-9-25-20/h2-9,11,15,17H,10,12-14H2,1H3/t15-,17-/m0/s1. The van der Waals surface area contributed by atoms with Crippen LogP contribution in [0.5, 0.6) is 5.75 Å². The van der Waals surface area contributed by atoms with Gasteiger partial charge in [0.2, 0.25) is 0 Å². The fourth-order valence-electron chi connectivity index (χ4n) is 4.77. The molecule has 30 heavy (non-hydrogen) atoms. The van der Waals surface area contributed by atoms with Crippen LogP contribution in [0.25, 0.3) is 11.1 Å². The first-order valence-corrected chi connectivity index (χ1v) is 10.1. The number of likely N-dealkylation sites (tertiary alicyclic amines) is 1. The summed E-state index contributed by atoms with van der Waals surface area (Å²) in [5, 5.41) is 0. The molecular weight excluding hydrogens is 380 g/mol. The molecular formula is C23H22N4O3. The number of amides is 1. The lowest BCUT2D eigenvalue weighted by Crippen LogP contribution is -2.49. The highest BCUT2D eigenvalue weighted by Crippen LogP contribution is 2.40. The molecule has 1 amide bonds. The van der Waals surface area contributed by atoms with Crippen molar-refractivity contribution in [2.75, 3.05) is 20.2 Å². The summed E-state index contributed by atoms with van der Waals surface area (Å²) in [7, 11) is 1.64. The Morgan fingerprint density at radius 3 is 2.63 bits per heavy atom. The number of benzene rings is 1. The van der Waals surface area contributed by atoms with E-state index in [0.717, 1.165) is 29.0 Å². The van der Waals surface area contributed by atoms with Gasteiger partial charge in [-0.1, -0.05) is 12.1 Å². The van der Waals surface area contributed by atoms with E-state index in [-0.39, 0.29) is 23.3 Å². The van der Waals surface area contributed by atoms with Gasteiger partial charge in [0.15, 0.2) is 0 Å². The van der Waals surface area contributed by atoms with Gasteiger partial charge in [-0.2, -0.15) is 0 Å². The maximum atomic E-state index is 13.0. The molecule has 2 aliphatic rings. The number of fused-ring (bicyclic) bond motifs is 4. The van der Waals surface area contributed by atoms with Crippen molar-refractivity contribution in [1.29, 1.82) is 0 Å². The van der Waals surface area contributed by atoms with E-state index in [1.807, 2.05) is 39.8 Å². The molecule has 2 bridgehead atoms. The van der Waals surface area contributed by atoms with Crippen LogP contribution < -0.4 is 10.3 Å². The molecule has 0 aliphatic carbocycles. The molecule has 0 radical (unpaired) electrons. The van der Waals surface area contributed by atoms with Gasteiger partial charge < -0.3 is 14.2 Å². The summed E-state index contributed by atoms with van der Waals surface area (Å²) in [4.78, 5) is 35.7. The van der Waals surface area contributed by atoms with Crippen LogP contribution in [0.2, 0.25) is 0 Å². The molecule has 0 unspecified atom stereocenters. The summed E-state index contributed by atoms with van der Waals surface area (Å²) >= 11 is 0. The van der Waals surface area contributed by atoms with Crippen LogP contribution in [0.3, 0.4) is 0 Å². The van der Waals surface area contributed by atoms with E-state index < -0.39 is 0 Å². The molecule has 1 saturated heterocycles. The summed E-state index contributed by atoms with van der Waals surface area (Å²) < 4.78 is 7.18. The van der Waals surface area contributed by atoms with E-state index in [1.165, 1.54) is 12.4 Å². The molecule has 2 aliphatic heterocycles. The Labute approximate surface area is 174 Å². The smallest absolute Gasteiger partial charge is 0.274 e. The number of methoxy groups -OCH3 is 1. The minimum absolute atomic E-state index is 0.0191. The first-order chi connectivity index (χ1) is 14.6. The second kappa shape index (κ2) is 7.40. The third kappa shape index (κ3) is 3.16. The molecule has 0 saturated carbocycles. The predicted octanol–water partition coefficient (Wildman–Crippen LogP) is 2.57. The van der Waals surface area contributed by atoms with Gasteiger partial charge in [0, 0.05) is 55.3 Å². The van der Waals surface area contributed by atoms with Crippen LogP contribution in [-0.4, -0.2) is 45.5 Å². The molecule has 152 valence electrons. The minimum atomic E-state index is -0.101. The number of pyridine rings is 1. The monoisotopic (exact) mass is 402 g/mol. The topological polar surface area (TPSA) is 77.3 Å². The number of hydrogen-bond acceptors (Lipinski definition) is 5. The number of hydrogen-bond donors (Lipinski definition) is 0. The van der Waals surface area contributed by atoms with Gasteiger partial charge in [0.25, 0.3) is 11.5 Å². The molecule has 5 rings (SSSR count). The lowest BCUT2D eigenvalue weighted by Gasteiger charge is -2.43. The maximum Gasteiger partial charge on any atom is 0.274 e. The van der Waals surface area contributed by atoms with Gasteiger partial charge in [-0.05, 0) is 36.1 Å². The Morgan fingerprint density at radius 2 is 1.90 bits per heavy atom. The lowest BCUT2D eigenvalue weighted by molar-refractivity contribution is 0.0589. The Kier molecular flexibility index (Phi) is 4.58. The average molecular weight is 402 g/mol. The number of piperidine rings is 1. The van der Waals surface area contributed by atoms with E-state index in [1.54, 1.807) is 19.4 Å². The second-order valence-electron chi connectivity index (χ2n) is 7.91. The van der Waals surface area contributed by atoms with Crippen molar-refractivity contribution >= 4 is 5.91 Å². The fraction of sp³-hybridized carbons (Fsp3) is 0.304. The van der Waals surface area contributed by atoms with Crippen LogP contribution >= 0.6 is 0 Å². The van der Waals surface area contributed by atoms with Crippen LogP contribution in [0.1, 0.15) is 28.5 Å². The van der Waals surface area contributed by atoms with Crippen molar-refractivity contribution in [2.24, 2.45) is 5.92 Å². The Hall–Kier alpha value is -3.48. The highest BCUT2D eigenvalue weighted by Gasteiger charge is 2.38. The number of ether oxygens (including phenoxy) is 1. The summed E-state index contributed by atoms with van der Waals surface area (Å²) in [6.07, 6.45) is 5.57. The molecule has 7 nitrogen and oxygen atoms in total. The Bertz CT molecular complexity index is 1140. The molecule has 1 aromatic carbocycles. The first kappa shape index (κ1) is 18.5. The van der Waals surface area contributed by atoms with Crippen molar-refractivity contribution in [3.63, 3.8) is 0 Å². The molecule has 3 aromatic rings. The van der Waals surface area contributed by atoms with Crippen molar-refractivity contribution < 1.29 is 9.53 Å². The van der Waals surface area contributed by atoms with Crippen molar-refractivity contribution in [3.05, 3.63) is 76.7 Å². The number of nitrogens with zero attached hydrogens (tertiary/aromatic N) is 4. The van der Waals surface area contributed by atoms with E-state index in [4.69, 9.17) is 4.74 Å². The van der Waals surface area contributed by atoms with Gasteiger partial charge in [0.1, 0.15) is 11.4 Å². The zero-order valence-corrected chi connectivity index (χ0v) is 16.7. The van der Waals surface area contributed by atoms with Gasteiger partial charge in [-0.25, -0.2) is 4.98 Å². The van der Waals surface area contributed by atoms with Crippen LogP contribution in [0.4, 0.5) is 0 Å². The van der Waals surface area contributed by atoms with Gasteiger partial charge >= 0.3 is 0 Å². The summed E-state index contributed by atoms with van der Waals surface area (Å²) in [6.45, 7) is 1.82. The molecule has 4 heterocycles. The highest BCUT2D eigenvalue weighted by molar-refractivity contribution is 5.92. The average Bonchev–Trinajstić information content (AvgIpc) is 2.80. The molecule has 2 atom stereocenters. The summed E-state index contributed by atoms with van der Waals surface area (Å²) in [5.41, 5.74) is 3.47. The summed E-state index contributed by atoms with van der Waals surface area (Å²) in [5.74, 6) is 1.04. The first-order valence-electron chi connectivity index (χ1n) is 10.1. The van der Waals surface area contributed by atoms with Gasteiger partial charge in [-0.3, -0.25) is 14.6 Å². The highest BCUT2D eigenvalue weighted by atomic mass is 16.5. The second-order valence-corrected chi connectivity index (χ2v) is 7.91. The van der Waals surface area contributed by atoms with E-state index >= 15 is 0 Å². The largest absolute Gasteiger partial charge is 0.497 e. The molecule has 1 fully saturated rings. The number of aromatic nitrogens is 3. The zero-order valence-electron chi connectivity index (χ0n) is 16.7. The van der Waals surface area contributed by atoms with Gasteiger partial charge in [0.05, 0.1) is 13.3 Å². The number of carbonyl (C=O) groups is 1. The van der Waals surface area contributed by atoms with Crippen LogP contribution in [-0.2, 0) is 6.54 Å². The van der Waals surface area contributed by atoms with E-state index in [2.05, 4.69) is 9.97 Å². The maximum absolute atomic E-state index is 13.0.